The summed E-state index contributed by atoms with van der Waals surface area (Å²) in [7, 11) is 1.35. The number of rotatable bonds is 8. The Bertz CT molecular complexity index is 515. The van der Waals surface area contributed by atoms with Gasteiger partial charge in [-0.1, -0.05) is 28.1 Å². The molecule has 1 fully saturated rings. The van der Waals surface area contributed by atoms with Gasteiger partial charge in [0.25, 0.3) is 0 Å². The molecule has 1 amide bonds. The summed E-state index contributed by atoms with van der Waals surface area (Å²) >= 11 is 3.37. The van der Waals surface area contributed by atoms with Gasteiger partial charge in [0.15, 0.2) is 0 Å². The molecule has 0 radical (unpaired) electrons. The lowest BCUT2D eigenvalue weighted by Gasteiger charge is -2.18. The van der Waals surface area contributed by atoms with Crippen molar-refractivity contribution in [1.29, 1.82) is 0 Å². The van der Waals surface area contributed by atoms with Crippen LogP contribution in [0.4, 0.5) is 0 Å². The largest absolute Gasteiger partial charge is 0.469 e. The number of nitrogens with one attached hydrogen (secondary N) is 2. The van der Waals surface area contributed by atoms with Gasteiger partial charge in [0.05, 0.1) is 26.1 Å². The van der Waals surface area contributed by atoms with Gasteiger partial charge in [-0.2, -0.15) is 0 Å². The third kappa shape index (κ3) is 5.77. The van der Waals surface area contributed by atoms with Gasteiger partial charge in [0.2, 0.25) is 5.91 Å². The van der Waals surface area contributed by atoms with Crippen molar-refractivity contribution in [3.8, 4) is 0 Å². The SMILES string of the molecule is COC(=O)CC(NC(=O)CNCC1CC1)c1ccc(Br)cc1. The molecule has 0 heterocycles. The summed E-state index contributed by atoms with van der Waals surface area (Å²) < 4.78 is 5.66. The van der Waals surface area contributed by atoms with Crippen LogP contribution in [0.3, 0.4) is 0 Å². The second-order valence-corrected chi connectivity index (χ2v) is 6.44. The van der Waals surface area contributed by atoms with Crippen molar-refractivity contribution < 1.29 is 14.3 Å². The topological polar surface area (TPSA) is 67.4 Å². The molecule has 5 nitrogen and oxygen atoms in total. The quantitative estimate of drug-likeness (QED) is 0.690. The van der Waals surface area contributed by atoms with E-state index in [1.807, 2.05) is 24.3 Å². The monoisotopic (exact) mass is 368 g/mol. The molecule has 1 aliphatic carbocycles. The minimum Gasteiger partial charge on any atom is -0.469 e. The molecule has 0 aliphatic heterocycles. The molecule has 2 N–H and O–H groups in total. The van der Waals surface area contributed by atoms with Crippen LogP contribution in [-0.4, -0.2) is 32.1 Å². The molecule has 2 rings (SSSR count). The van der Waals surface area contributed by atoms with Crippen molar-refractivity contribution in [3.05, 3.63) is 34.3 Å². The number of esters is 1. The predicted molar refractivity (Wildman–Crippen MR) is 87.3 cm³/mol. The lowest BCUT2D eigenvalue weighted by Crippen LogP contribution is -2.37. The first-order valence-electron chi connectivity index (χ1n) is 7.41. The van der Waals surface area contributed by atoms with E-state index in [2.05, 4.69) is 26.6 Å². The Balaban J connectivity index is 1.91. The zero-order valence-corrected chi connectivity index (χ0v) is 14.2. The Morgan fingerprint density at radius 3 is 2.59 bits per heavy atom. The molecular formula is C16H21BrN2O3. The van der Waals surface area contributed by atoms with E-state index in [1.54, 1.807) is 0 Å². The van der Waals surface area contributed by atoms with Crippen molar-refractivity contribution in [2.24, 2.45) is 5.92 Å². The van der Waals surface area contributed by atoms with E-state index in [0.717, 1.165) is 22.5 Å². The highest BCUT2D eigenvalue weighted by Gasteiger charge is 2.22. The molecule has 6 heteroatoms. The summed E-state index contributed by atoms with van der Waals surface area (Å²) in [6.45, 7) is 1.15. The van der Waals surface area contributed by atoms with Crippen molar-refractivity contribution >= 4 is 27.8 Å². The highest BCUT2D eigenvalue weighted by molar-refractivity contribution is 9.10. The highest BCUT2D eigenvalue weighted by atomic mass is 79.9. The lowest BCUT2D eigenvalue weighted by atomic mass is 10.0. The minimum atomic E-state index is -0.379. The van der Waals surface area contributed by atoms with Crippen LogP contribution in [0.1, 0.15) is 30.9 Å². The first-order chi connectivity index (χ1) is 10.6. The standard InChI is InChI=1S/C16H21BrN2O3/c1-22-16(21)8-14(12-4-6-13(17)7-5-12)19-15(20)10-18-9-11-2-3-11/h4-7,11,14,18H,2-3,8-10H2,1H3,(H,19,20). The molecule has 1 unspecified atom stereocenters. The molecule has 0 saturated heterocycles. The van der Waals surface area contributed by atoms with E-state index in [1.165, 1.54) is 20.0 Å². The van der Waals surface area contributed by atoms with E-state index >= 15 is 0 Å². The van der Waals surface area contributed by atoms with Gasteiger partial charge in [0.1, 0.15) is 0 Å². The zero-order chi connectivity index (χ0) is 15.9. The van der Waals surface area contributed by atoms with Gasteiger partial charge >= 0.3 is 5.97 Å². The number of hydrogen-bond acceptors (Lipinski definition) is 4. The number of halogens is 1. The summed E-state index contributed by atoms with van der Waals surface area (Å²) in [4.78, 5) is 23.6. The molecule has 1 atom stereocenters. The molecule has 1 aromatic rings. The Kier molecular flexibility index (Phi) is 6.39. The molecule has 0 spiro atoms. The normalized spacial score (nSPS) is 15.2. The maximum atomic E-state index is 12.0. The van der Waals surface area contributed by atoms with Crippen LogP contribution < -0.4 is 10.6 Å². The van der Waals surface area contributed by atoms with E-state index in [-0.39, 0.29) is 30.9 Å². The second kappa shape index (κ2) is 8.29. The third-order valence-corrected chi connectivity index (χ3v) is 4.15. The molecule has 1 aromatic carbocycles. The van der Waals surface area contributed by atoms with Crippen molar-refractivity contribution in [3.63, 3.8) is 0 Å². The average Bonchev–Trinajstić information content (AvgIpc) is 3.31. The number of hydrogen-bond donors (Lipinski definition) is 2. The number of amides is 1. The first-order valence-corrected chi connectivity index (χ1v) is 8.20. The molecule has 120 valence electrons. The number of benzene rings is 1. The highest BCUT2D eigenvalue weighted by Crippen LogP contribution is 2.27. The van der Waals surface area contributed by atoms with Crippen molar-refractivity contribution in [2.45, 2.75) is 25.3 Å². The summed E-state index contributed by atoms with van der Waals surface area (Å²) in [5.74, 6) is 0.266. The van der Waals surface area contributed by atoms with Crippen LogP contribution in [0.2, 0.25) is 0 Å². The smallest absolute Gasteiger partial charge is 0.307 e. The van der Waals surface area contributed by atoms with Crippen LogP contribution in [0, 0.1) is 5.92 Å². The van der Waals surface area contributed by atoms with Gasteiger partial charge in [-0.25, -0.2) is 0 Å². The molecule has 1 aliphatic rings. The van der Waals surface area contributed by atoms with Crippen LogP contribution in [0.5, 0.6) is 0 Å². The fraction of sp³-hybridized carbons (Fsp3) is 0.500. The number of carbonyl (C=O) groups is 2. The van der Waals surface area contributed by atoms with Crippen molar-refractivity contribution in [2.75, 3.05) is 20.2 Å². The van der Waals surface area contributed by atoms with E-state index in [4.69, 9.17) is 4.74 Å². The molecule has 22 heavy (non-hydrogen) atoms. The van der Waals surface area contributed by atoms with Gasteiger partial charge < -0.3 is 15.4 Å². The van der Waals surface area contributed by atoms with E-state index < -0.39 is 0 Å². The zero-order valence-electron chi connectivity index (χ0n) is 12.6. The fourth-order valence-corrected chi connectivity index (χ4v) is 2.42. The number of carbonyl (C=O) groups excluding carboxylic acids is 2. The van der Waals surface area contributed by atoms with Gasteiger partial charge in [0, 0.05) is 4.47 Å². The number of ether oxygens (including phenoxy) is 1. The van der Waals surface area contributed by atoms with Crippen LogP contribution in [-0.2, 0) is 14.3 Å². The Labute approximate surface area is 138 Å². The van der Waals surface area contributed by atoms with Crippen LogP contribution in [0.15, 0.2) is 28.7 Å². The summed E-state index contributed by atoms with van der Waals surface area (Å²) in [6.07, 6.45) is 2.61. The molecule has 0 bridgehead atoms. The first kappa shape index (κ1) is 17.0. The summed E-state index contributed by atoms with van der Waals surface area (Å²) in [6, 6.07) is 7.16. The maximum absolute atomic E-state index is 12.0. The Morgan fingerprint density at radius 1 is 1.32 bits per heavy atom. The predicted octanol–water partition coefficient (Wildman–Crippen LogP) is 2.17. The maximum Gasteiger partial charge on any atom is 0.307 e. The Hall–Kier alpha value is -1.40. The molecule has 0 aromatic heterocycles. The number of methoxy groups -OCH3 is 1. The molecular weight excluding hydrogens is 348 g/mol. The van der Waals surface area contributed by atoms with E-state index in [9.17, 15) is 9.59 Å². The summed E-state index contributed by atoms with van der Waals surface area (Å²) in [5, 5.41) is 6.04. The Morgan fingerprint density at radius 2 is 2.00 bits per heavy atom. The third-order valence-electron chi connectivity index (χ3n) is 3.62. The van der Waals surface area contributed by atoms with Gasteiger partial charge in [-0.15, -0.1) is 0 Å². The fourth-order valence-electron chi connectivity index (χ4n) is 2.15. The van der Waals surface area contributed by atoms with Gasteiger partial charge in [-0.05, 0) is 43.0 Å². The second-order valence-electron chi connectivity index (χ2n) is 5.53. The van der Waals surface area contributed by atoms with Crippen LogP contribution in [0.25, 0.3) is 0 Å². The van der Waals surface area contributed by atoms with Gasteiger partial charge in [-0.3, -0.25) is 9.59 Å². The van der Waals surface area contributed by atoms with E-state index in [0.29, 0.717) is 0 Å². The minimum absolute atomic E-state index is 0.113. The molecule has 1 saturated carbocycles. The lowest BCUT2D eigenvalue weighted by molar-refractivity contribution is -0.141. The van der Waals surface area contributed by atoms with Crippen LogP contribution >= 0.6 is 15.9 Å². The average molecular weight is 369 g/mol. The summed E-state index contributed by atoms with van der Waals surface area (Å²) in [5.41, 5.74) is 0.879. The van der Waals surface area contributed by atoms with Crippen molar-refractivity contribution in [1.82, 2.24) is 10.6 Å².